The van der Waals surface area contributed by atoms with Crippen LogP contribution in [0, 0.1) is 10.1 Å². The van der Waals surface area contributed by atoms with Crippen molar-refractivity contribution in [3.63, 3.8) is 0 Å². The van der Waals surface area contributed by atoms with Gasteiger partial charge in [-0.1, -0.05) is 11.6 Å². The first-order valence-electron chi connectivity index (χ1n) is 9.80. The molecule has 186 valence electrons. The second-order valence-corrected chi connectivity index (χ2v) is 7.46. The smallest absolute Gasteiger partial charge is 0.303 e. The van der Waals surface area contributed by atoms with Gasteiger partial charge in [-0.2, -0.15) is 0 Å². The first-order chi connectivity index (χ1) is 15.9. The highest BCUT2D eigenvalue weighted by Crippen LogP contribution is 2.34. The highest BCUT2D eigenvalue weighted by Gasteiger charge is 2.53. The third-order valence-electron chi connectivity index (χ3n) is 4.32. The Morgan fingerprint density at radius 1 is 0.941 bits per heavy atom. The standard InChI is InChI=1S/C20H22ClNO12/c1-9(23)29-8-16-17(30-10(2)24)18(31-11(3)25)19(32-12(4)26)20(34-16)33-15-6-5-13(22(27)28)7-14(15)21/h5-7,16-20H,8H2,1-4H3/t16-,17-,18+,19+,20+/m0/s1. The lowest BCUT2D eigenvalue weighted by molar-refractivity contribution is -0.384. The first kappa shape index (κ1) is 26.8. The van der Waals surface area contributed by atoms with E-state index in [4.69, 9.17) is 40.0 Å². The van der Waals surface area contributed by atoms with E-state index in [0.717, 1.165) is 39.8 Å². The van der Waals surface area contributed by atoms with E-state index in [1.54, 1.807) is 0 Å². The van der Waals surface area contributed by atoms with Gasteiger partial charge in [0.2, 0.25) is 12.4 Å². The summed E-state index contributed by atoms with van der Waals surface area (Å²) in [5, 5.41) is 10.8. The van der Waals surface area contributed by atoms with Crippen LogP contribution in [0.5, 0.6) is 5.75 Å². The van der Waals surface area contributed by atoms with E-state index in [1.165, 1.54) is 6.07 Å². The summed E-state index contributed by atoms with van der Waals surface area (Å²) in [6, 6.07) is 3.34. The summed E-state index contributed by atoms with van der Waals surface area (Å²) in [7, 11) is 0. The fourth-order valence-electron chi connectivity index (χ4n) is 3.11. The van der Waals surface area contributed by atoms with Gasteiger partial charge >= 0.3 is 23.9 Å². The predicted molar refractivity (Wildman–Crippen MR) is 111 cm³/mol. The summed E-state index contributed by atoms with van der Waals surface area (Å²) in [4.78, 5) is 57.0. The molecule has 1 saturated heterocycles. The average molecular weight is 504 g/mol. The van der Waals surface area contributed by atoms with Crippen molar-refractivity contribution in [2.75, 3.05) is 6.61 Å². The Morgan fingerprint density at radius 2 is 1.50 bits per heavy atom. The fraction of sp³-hybridized carbons (Fsp3) is 0.500. The maximum Gasteiger partial charge on any atom is 0.303 e. The molecule has 2 rings (SSSR count). The largest absolute Gasteiger partial charge is 0.463 e. The Balaban J connectivity index is 2.49. The topological polar surface area (TPSA) is 167 Å². The van der Waals surface area contributed by atoms with E-state index in [9.17, 15) is 29.3 Å². The quantitative estimate of drug-likeness (QED) is 0.218. The number of halogens is 1. The van der Waals surface area contributed by atoms with E-state index in [1.807, 2.05) is 0 Å². The molecule has 0 aliphatic carbocycles. The normalized spacial score (nSPS) is 23.9. The second kappa shape index (κ2) is 11.6. The second-order valence-electron chi connectivity index (χ2n) is 7.06. The molecular weight excluding hydrogens is 482 g/mol. The number of esters is 4. The Bertz CT molecular complexity index is 967. The third-order valence-corrected chi connectivity index (χ3v) is 4.61. The third kappa shape index (κ3) is 7.28. The number of hydrogen-bond acceptors (Lipinski definition) is 12. The number of nitro benzene ring substituents is 1. The maximum atomic E-state index is 11.8. The molecule has 0 aromatic heterocycles. The van der Waals surface area contributed by atoms with Gasteiger partial charge in [0.25, 0.3) is 5.69 Å². The lowest BCUT2D eigenvalue weighted by Gasteiger charge is -2.43. The van der Waals surface area contributed by atoms with E-state index < -0.39 is 66.1 Å². The van der Waals surface area contributed by atoms with E-state index in [-0.39, 0.29) is 16.5 Å². The lowest BCUT2D eigenvalue weighted by Crippen LogP contribution is -2.63. The molecule has 1 aromatic rings. The molecule has 0 N–H and O–H groups in total. The molecule has 1 aromatic carbocycles. The molecule has 13 nitrogen and oxygen atoms in total. The van der Waals surface area contributed by atoms with Gasteiger partial charge in [-0.15, -0.1) is 0 Å². The van der Waals surface area contributed by atoms with Crippen molar-refractivity contribution in [1.82, 2.24) is 0 Å². The summed E-state index contributed by atoms with van der Waals surface area (Å²) < 4.78 is 32.2. The monoisotopic (exact) mass is 503 g/mol. The molecule has 1 aliphatic rings. The van der Waals surface area contributed by atoms with E-state index in [2.05, 4.69) is 0 Å². The van der Waals surface area contributed by atoms with E-state index in [0.29, 0.717) is 0 Å². The molecule has 0 amide bonds. The Kier molecular flexibility index (Phi) is 9.15. The Labute approximate surface area is 198 Å². The summed E-state index contributed by atoms with van der Waals surface area (Å²) in [5.41, 5.74) is -0.307. The highest BCUT2D eigenvalue weighted by atomic mass is 35.5. The number of ether oxygens (including phenoxy) is 6. The average Bonchev–Trinajstić information content (AvgIpc) is 2.71. The van der Waals surface area contributed by atoms with Crippen LogP contribution in [0.25, 0.3) is 0 Å². The van der Waals surface area contributed by atoms with Gasteiger partial charge in [-0.3, -0.25) is 29.3 Å². The van der Waals surface area contributed by atoms with Crippen molar-refractivity contribution < 1.29 is 52.5 Å². The van der Waals surface area contributed by atoms with Crippen LogP contribution in [0.2, 0.25) is 5.02 Å². The minimum Gasteiger partial charge on any atom is -0.463 e. The minimum absolute atomic E-state index is 0.0897. The van der Waals surface area contributed by atoms with Crippen LogP contribution in [0.1, 0.15) is 27.7 Å². The highest BCUT2D eigenvalue weighted by molar-refractivity contribution is 6.32. The molecule has 0 bridgehead atoms. The van der Waals surface area contributed by atoms with Crippen molar-refractivity contribution in [2.24, 2.45) is 0 Å². The number of hydrogen-bond donors (Lipinski definition) is 0. The fourth-order valence-corrected chi connectivity index (χ4v) is 3.33. The van der Waals surface area contributed by atoms with Gasteiger partial charge in [0.05, 0.1) is 9.95 Å². The number of carbonyl (C=O) groups excluding carboxylic acids is 4. The molecule has 1 fully saturated rings. The number of nitro groups is 1. The van der Waals surface area contributed by atoms with Crippen molar-refractivity contribution in [3.05, 3.63) is 33.3 Å². The van der Waals surface area contributed by atoms with Crippen LogP contribution in [0.4, 0.5) is 5.69 Å². The van der Waals surface area contributed by atoms with Gasteiger partial charge < -0.3 is 28.4 Å². The predicted octanol–water partition coefficient (Wildman–Crippen LogP) is 1.71. The van der Waals surface area contributed by atoms with Gasteiger partial charge in [0.1, 0.15) is 18.5 Å². The maximum absolute atomic E-state index is 11.8. The van der Waals surface area contributed by atoms with Gasteiger partial charge in [0.15, 0.2) is 12.2 Å². The molecule has 1 heterocycles. The van der Waals surface area contributed by atoms with Crippen LogP contribution in [-0.4, -0.2) is 66.1 Å². The summed E-state index contributed by atoms with van der Waals surface area (Å²) in [6.07, 6.45) is -6.98. The van der Waals surface area contributed by atoms with Crippen LogP contribution < -0.4 is 4.74 Å². The van der Waals surface area contributed by atoms with Crippen molar-refractivity contribution >= 4 is 41.2 Å². The first-order valence-corrected chi connectivity index (χ1v) is 10.2. The molecule has 14 heteroatoms. The number of benzene rings is 1. The van der Waals surface area contributed by atoms with Gasteiger partial charge in [-0.25, -0.2) is 0 Å². The molecule has 5 atom stereocenters. The zero-order valence-electron chi connectivity index (χ0n) is 18.6. The van der Waals surface area contributed by atoms with Gasteiger partial charge in [0, 0.05) is 39.8 Å². The lowest BCUT2D eigenvalue weighted by atomic mass is 9.98. The number of nitrogens with zero attached hydrogens (tertiary/aromatic N) is 1. The molecule has 34 heavy (non-hydrogen) atoms. The number of rotatable bonds is 8. The summed E-state index contributed by atoms with van der Waals surface area (Å²) >= 11 is 6.09. The molecule has 0 radical (unpaired) electrons. The summed E-state index contributed by atoms with van der Waals surface area (Å²) in [6.45, 7) is 3.95. The molecular formula is C20H22ClNO12. The zero-order chi connectivity index (χ0) is 25.6. The molecule has 0 saturated carbocycles. The van der Waals surface area contributed by atoms with Crippen LogP contribution >= 0.6 is 11.6 Å². The van der Waals surface area contributed by atoms with Gasteiger partial charge in [-0.05, 0) is 6.07 Å². The van der Waals surface area contributed by atoms with Crippen LogP contribution in [-0.2, 0) is 42.9 Å². The molecule has 0 unspecified atom stereocenters. The van der Waals surface area contributed by atoms with Crippen LogP contribution in [0.3, 0.4) is 0 Å². The Morgan fingerprint density at radius 3 is 2.00 bits per heavy atom. The van der Waals surface area contributed by atoms with Crippen LogP contribution in [0.15, 0.2) is 18.2 Å². The number of non-ortho nitro benzene ring substituents is 1. The van der Waals surface area contributed by atoms with Crippen molar-refractivity contribution in [1.29, 1.82) is 0 Å². The van der Waals surface area contributed by atoms with Crippen molar-refractivity contribution in [3.8, 4) is 5.75 Å². The minimum atomic E-state index is -1.51. The van der Waals surface area contributed by atoms with E-state index >= 15 is 0 Å². The molecule has 1 aliphatic heterocycles. The van der Waals surface area contributed by atoms with Crippen molar-refractivity contribution in [2.45, 2.75) is 58.4 Å². The zero-order valence-corrected chi connectivity index (χ0v) is 19.3. The SMILES string of the molecule is CC(=O)OC[C@@H]1O[C@@H](Oc2ccc([N+](=O)[O-])cc2Cl)[C@H](OC(C)=O)[C@H](OC(C)=O)[C@H]1OC(C)=O. The summed E-state index contributed by atoms with van der Waals surface area (Å²) in [5.74, 6) is -3.16. The Hall–Kier alpha value is -3.45. The molecule has 0 spiro atoms. The number of carbonyl (C=O) groups is 4.